The lowest BCUT2D eigenvalue weighted by Gasteiger charge is -2.19. The molecule has 1 amide bonds. The Hall–Kier alpha value is -0.860. The van der Waals surface area contributed by atoms with Crippen LogP contribution in [0.25, 0.3) is 0 Å². The number of Topliss-reactive ketones (excluding diaryl/α,β-unsaturated/α-hetero) is 1. The van der Waals surface area contributed by atoms with Crippen molar-refractivity contribution in [2.75, 3.05) is 0 Å². The second-order valence-electron chi connectivity index (χ2n) is 5.11. The first kappa shape index (κ1) is 10.2. The minimum absolute atomic E-state index is 0.0208. The monoisotopic (exact) mass is 183 g/mol. The second-order valence-corrected chi connectivity index (χ2v) is 5.11. The fraction of sp³-hybridized carbons (Fsp3) is 0.800. The third-order valence-corrected chi connectivity index (χ3v) is 2.45. The van der Waals surface area contributed by atoms with Gasteiger partial charge in [-0.3, -0.25) is 9.59 Å². The van der Waals surface area contributed by atoms with E-state index in [0.29, 0.717) is 19.3 Å². The molecule has 0 aromatic rings. The molecule has 0 radical (unpaired) electrons. The van der Waals surface area contributed by atoms with E-state index < -0.39 is 11.3 Å². The van der Waals surface area contributed by atoms with E-state index in [4.69, 9.17) is 5.73 Å². The van der Waals surface area contributed by atoms with E-state index in [9.17, 15) is 9.59 Å². The molecule has 1 fully saturated rings. The minimum Gasteiger partial charge on any atom is -0.369 e. The van der Waals surface area contributed by atoms with Gasteiger partial charge < -0.3 is 5.73 Å². The summed E-state index contributed by atoms with van der Waals surface area (Å²) in [4.78, 5) is 22.7. The molecule has 1 aliphatic carbocycles. The van der Waals surface area contributed by atoms with Crippen LogP contribution in [-0.4, -0.2) is 11.7 Å². The van der Waals surface area contributed by atoms with Crippen LogP contribution < -0.4 is 5.73 Å². The van der Waals surface area contributed by atoms with Crippen LogP contribution in [0, 0.1) is 10.8 Å². The molecule has 0 unspecified atom stereocenters. The van der Waals surface area contributed by atoms with Crippen LogP contribution in [0.1, 0.15) is 40.0 Å². The van der Waals surface area contributed by atoms with Gasteiger partial charge in [0.1, 0.15) is 11.2 Å². The molecular weight excluding hydrogens is 166 g/mol. The van der Waals surface area contributed by atoms with Gasteiger partial charge in [0.2, 0.25) is 5.91 Å². The second kappa shape index (κ2) is 2.82. The van der Waals surface area contributed by atoms with E-state index in [-0.39, 0.29) is 11.2 Å². The third kappa shape index (κ3) is 2.08. The summed E-state index contributed by atoms with van der Waals surface area (Å²) in [5.41, 5.74) is 4.35. The summed E-state index contributed by atoms with van der Waals surface area (Å²) in [6.07, 6.45) is 1.74. The van der Waals surface area contributed by atoms with Gasteiger partial charge in [0.25, 0.3) is 0 Å². The van der Waals surface area contributed by atoms with Gasteiger partial charge in [0.15, 0.2) is 0 Å². The maximum atomic E-state index is 11.7. The molecule has 0 aliphatic heterocycles. The zero-order valence-electron chi connectivity index (χ0n) is 8.52. The Labute approximate surface area is 78.7 Å². The third-order valence-electron chi connectivity index (χ3n) is 2.45. The smallest absolute Gasteiger partial charge is 0.231 e. The van der Waals surface area contributed by atoms with Crippen LogP contribution in [0.15, 0.2) is 0 Å². The van der Waals surface area contributed by atoms with Crippen LogP contribution in [0.4, 0.5) is 0 Å². The molecular formula is C10H17NO2. The molecule has 3 nitrogen and oxygen atoms in total. The summed E-state index contributed by atoms with van der Waals surface area (Å²) in [5, 5.41) is 0. The molecule has 3 heteroatoms. The fourth-order valence-corrected chi connectivity index (χ4v) is 1.44. The fourth-order valence-electron chi connectivity index (χ4n) is 1.44. The number of nitrogens with two attached hydrogens (primary N) is 1. The van der Waals surface area contributed by atoms with E-state index in [0.717, 1.165) is 0 Å². The number of carbonyl (C=O) groups excluding carboxylic acids is 2. The Morgan fingerprint density at radius 1 is 1.31 bits per heavy atom. The highest BCUT2D eigenvalue weighted by Gasteiger charge is 2.54. The number of primary amides is 1. The van der Waals surface area contributed by atoms with E-state index in [1.165, 1.54) is 0 Å². The first-order valence-electron chi connectivity index (χ1n) is 4.61. The van der Waals surface area contributed by atoms with Crippen LogP contribution in [0.3, 0.4) is 0 Å². The van der Waals surface area contributed by atoms with E-state index in [1.54, 1.807) is 0 Å². The predicted molar refractivity (Wildman–Crippen MR) is 49.9 cm³/mol. The van der Waals surface area contributed by atoms with E-state index in [2.05, 4.69) is 0 Å². The summed E-state index contributed by atoms with van der Waals surface area (Å²) in [6, 6.07) is 0. The van der Waals surface area contributed by atoms with Gasteiger partial charge in [-0.15, -0.1) is 0 Å². The van der Waals surface area contributed by atoms with Crippen molar-refractivity contribution >= 4 is 11.7 Å². The van der Waals surface area contributed by atoms with Crippen LogP contribution in [0.5, 0.6) is 0 Å². The zero-order valence-corrected chi connectivity index (χ0v) is 8.52. The quantitative estimate of drug-likeness (QED) is 0.669. The highest BCUT2D eigenvalue weighted by Crippen LogP contribution is 2.48. The molecule has 74 valence electrons. The Balaban J connectivity index is 2.64. The van der Waals surface area contributed by atoms with Crippen molar-refractivity contribution in [1.29, 1.82) is 0 Å². The highest BCUT2D eigenvalue weighted by atomic mass is 16.2. The van der Waals surface area contributed by atoms with Crippen molar-refractivity contribution in [3.63, 3.8) is 0 Å². The molecule has 1 saturated carbocycles. The van der Waals surface area contributed by atoms with Crippen molar-refractivity contribution in [1.82, 2.24) is 0 Å². The maximum Gasteiger partial charge on any atom is 0.231 e. The molecule has 0 bridgehead atoms. The van der Waals surface area contributed by atoms with E-state index in [1.807, 2.05) is 20.8 Å². The van der Waals surface area contributed by atoms with Crippen LogP contribution in [-0.2, 0) is 9.59 Å². The lowest BCUT2D eigenvalue weighted by Crippen LogP contribution is -2.34. The average Bonchev–Trinajstić information content (AvgIpc) is 2.59. The number of hydrogen-bond donors (Lipinski definition) is 1. The Morgan fingerprint density at radius 2 is 1.77 bits per heavy atom. The Kier molecular flexibility index (Phi) is 2.22. The summed E-state index contributed by atoms with van der Waals surface area (Å²) < 4.78 is 0. The first-order valence-corrected chi connectivity index (χ1v) is 4.61. The van der Waals surface area contributed by atoms with Crippen molar-refractivity contribution in [2.24, 2.45) is 16.6 Å². The summed E-state index contributed by atoms with van der Waals surface area (Å²) >= 11 is 0. The van der Waals surface area contributed by atoms with Gasteiger partial charge in [0, 0.05) is 6.42 Å². The summed E-state index contributed by atoms with van der Waals surface area (Å²) in [7, 11) is 0. The lowest BCUT2D eigenvalue weighted by atomic mass is 9.84. The van der Waals surface area contributed by atoms with Crippen LogP contribution >= 0.6 is 0 Å². The predicted octanol–water partition coefficient (Wildman–Crippen LogP) is 1.26. The molecule has 0 aromatic carbocycles. The highest BCUT2D eigenvalue weighted by molar-refractivity contribution is 6.08. The van der Waals surface area contributed by atoms with Gasteiger partial charge in [-0.1, -0.05) is 20.8 Å². The van der Waals surface area contributed by atoms with Gasteiger partial charge in [-0.2, -0.15) is 0 Å². The van der Waals surface area contributed by atoms with Crippen molar-refractivity contribution in [3.05, 3.63) is 0 Å². The lowest BCUT2D eigenvalue weighted by molar-refractivity contribution is -0.135. The Morgan fingerprint density at radius 3 is 2.00 bits per heavy atom. The number of carbonyl (C=O) groups is 2. The molecule has 1 aliphatic rings. The normalized spacial score (nSPS) is 19.6. The number of rotatable bonds is 3. The molecule has 13 heavy (non-hydrogen) atoms. The van der Waals surface area contributed by atoms with E-state index >= 15 is 0 Å². The number of hydrogen-bond acceptors (Lipinski definition) is 2. The summed E-state index contributed by atoms with van der Waals surface area (Å²) in [5.74, 6) is -0.422. The van der Waals surface area contributed by atoms with Crippen molar-refractivity contribution in [3.8, 4) is 0 Å². The molecule has 0 heterocycles. The molecule has 0 aromatic heterocycles. The molecule has 2 N–H and O–H groups in total. The maximum absolute atomic E-state index is 11.7. The van der Waals surface area contributed by atoms with Gasteiger partial charge in [-0.05, 0) is 18.3 Å². The largest absolute Gasteiger partial charge is 0.369 e. The van der Waals surface area contributed by atoms with Gasteiger partial charge in [-0.25, -0.2) is 0 Å². The minimum atomic E-state index is -0.784. The van der Waals surface area contributed by atoms with Crippen molar-refractivity contribution < 1.29 is 9.59 Å². The standard InChI is InChI=1S/C10H17NO2/c1-9(2,3)6-7(12)10(4-5-10)8(11)13/h4-6H2,1-3H3,(H2,11,13). The van der Waals surface area contributed by atoms with Gasteiger partial charge in [0.05, 0.1) is 0 Å². The zero-order chi connectivity index (χ0) is 10.3. The number of ketones is 1. The molecule has 0 atom stereocenters. The molecule has 1 rings (SSSR count). The summed E-state index contributed by atoms with van der Waals surface area (Å²) in [6.45, 7) is 5.96. The van der Waals surface area contributed by atoms with Crippen LogP contribution in [0.2, 0.25) is 0 Å². The SMILES string of the molecule is CC(C)(C)CC(=O)C1(C(N)=O)CC1. The molecule has 0 saturated heterocycles. The molecule has 0 spiro atoms. The van der Waals surface area contributed by atoms with Crippen molar-refractivity contribution in [2.45, 2.75) is 40.0 Å². The Bertz CT molecular complexity index is 246. The van der Waals surface area contributed by atoms with Gasteiger partial charge >= 0.3 is 0 Å². The average molecular weight is 183 g/mol. The number of amides is 1. The first-order chi connectivity index (χ1) is 5.78. The topological polar surface area (TPSA) is 60.2 Å².